The molecule has 2 heterocycles. The molecule has 3 saturated carbocycles. The number of benzene rings is 1. The summed E-state index contributed by atoms with van der Waals surface area (Å²) >= 11 is 0. The molecule has 3 fully saturated rings. The first-order chi connectivity index (χ1) is 26.6. The van der Waals surface area contributed by atoms with Gasteiger partial charge < -0.3 is 9.47 Å². The molecule has 0 aliphatic heterocycles. The van der Waals surface area contributed by atoms with Crippen LogP contribution in [0.2, 0.25) is 0 Å². The summed E-state index contributed by atoms with van der Waals surface area (Å²) in [5.74, 6) is 0.166. The molecule has 5 aliphatic rings. The maximum Gasteiger partial charge on any atom is 0.313 e. The van der Waals surface area contributed by atoms with Crippen LogP contribution in [0.4, 0.5) is 5.95 Å². The van der Waals surface area contributed by atoms with Gasteiger partial charge in [0.25, 0.3) is 0 Å². The smallest absolute Gasteiger partial charge is 0.313 e. The minimum Gasteiger partial charge on any atom is -0.465 e. The van der Waals surface area contributed by atoms with E-state index in [1.54, 1.807) is 12.4 Å². The zero-order valence-corrected chi connectivity index (χ0v) is 34.0. The van der Waals surface area contributed by atoms with E-state index in [4.69, 9.17) is 19.4 Å². The van der Waals surface area contributed by atoms with Gasteiger partial charge in [0.1, 0.15) is 19.5 Å². The van der Waals surface area contributed by atoms with Crippen LogP contribution in [-0.4, -0.2) is 49.6 Å². The van der Waals surface area contributed by atoms with E-state index in [0.717, 1.165) is 74.7 Å². The second kappa shape index (κ2) is 13.9. The number of ether oxygens (including phenoxy) is 2. The average Bonchev–Trinajstić information content (AvgIpc) is 3.69. The summed E-state index contributed by atoms with van der Waals surface area (Å²) in [4.78, 5) is 53.9. The fraction of sp³-hybridized carbons (Fsp3) is 0.622. The Morgan fingerprint density at radius 2 is 1.64 bits per heavy atom. The lowest BCUT2D eigenvalue weighted by molar-refractivity contribution is -0.185. The van der Waals surface area contributed by atoms with Crippen LogP contribution in [0.5, 0.6) is 0 Å². The van der Waals surface area contributed by atoms with Gasteiger partial charge in [-0.05, 0) is 103 Å². The average molecular weight is 763 g/mol. The zero-order valence-electron chi connectivity index (χ0n) is 34.0. The molecule has 0 unspecified atom stereocenters. The van der Waals surface area contributed by atoms with E-state index in [1.807, 2.05) is 30.3 Å². The predicted octanol–water partition coefficient (Wildman–Crippen LogP) is 8.10. The Bertz CT molecular complexity index is 2020. The van der Waals surface area contributed by atoms with Crippen molar-refractivity contribution in [2.24, 2.45) is 44.8 Å². The SMILES string of the molecule is CC1(C)CC[C@]2(C(=O)OCc3ccccc3)CC[C@]3(C)C(=CC[C@@H]4[C@@]5(C)Cc6nccnc6[C@@](C)(COC(=O)CCC(=O)Nc6ncn[nH]6)[C@@H]5CC[C@]43C)[C@@H]2C1. The van der Waals surface area contributed by atoms with Gasteiger partial charge in [-0.3, -0.25) is 29.7 Å². The van der Waals surface area contributed by atoms with Crippen LogP contribution < -0.4 is 5.32 Å². The van der Waals surface area contributed by atoms with E-state index >= 15 is 0 Å². The highest BCUT2D eigenvalue weighted by Crippen LogP contribution is 2.75. The molecule has 8 atom stereocenters. The van der Waals surface area contributed by atoms with E-state index in [0.29, 0.717) is 12.5 Å². The highest BCUT2D eigenvalue weighted by molar-refractivity contribution is 5.91. The summed E-state index contributed by atoms with van der Waals surface area (Å²) in [5, 5.41) is 8.95. The van der Waals surface area contributed by atoms with Crippen molar-refractivity contribution in [2.45, 2.75) is 124 Å². The van der Waals surface area contributed by atoms with Crippen LogP contribution in [0.15, 0.2) is 60.7 Å². The van der Waals surface area contributed by atoms with Crippen LogP contribution in [-0.2, 0) is 42.3 Å². The number of hydrogen-bond acceptors (Lipinski definition) is 9. The molecule has 56 heavy (non-hydrogen) atoms. The monoisotopic (exact) mass is 762 g/mol. The number of carbonyl (C=O) groups is 3. The van der Waals surface area contributed by atoms with Crippen LogP contribution in [0.25, 0.3) is 0 Å². The maximum absolute atomic E-state index is 14.4. The number of esters is 2. The first-order valence-electron chi connectivity index (χ1n) is 20.7. The molecule has 2 aromatic heterocycles. The van der Waals surface area contributed by atoms with Gasteiger partial charge in [0.2, 0.25) is 11.9 Å². The molecular formula is C45H58N6O5. The van der Waals surface area contributed by atoms with Gasteiger partial charge in [-0.1, -0.05) is 83.5 Å². The van der Waals surface area contributed by atoms with Crippen LogP contribution >= 0.6 is 0 Å². The number of H-pyrrole nitrogens is 1. The van der Waals surface area contributed by atoms with Gasteiger partial charge in [-0.15, -0.1) is 0 Å². The molecule has 8 rings (SSSR count). The second-order valence-electron chi connectivity index (χ2n) is 19.4. The largest absolute Gasteiger partial charge is 0.465 e. The van der Waals surface area contributed by atoms with Gasteiger partial charge in [-0.2, -0.15) is 10.1 Å². The number of amides is 1. The van der Waals surface area contributed by atoms with Crippen molar-refractivity contribution >= 4 is 23.8 Å². The molecule has 11 nitrogen and oxygen atoms in total. The highest BCUT2D eigenvalue weighted by Gasteiger charge is 2.70. The Labute approximate surface area is 330 Å². The van der Waals surface area contributed by atoms with E-state index in [2.05, 4.69) is 68.1 Å². The molecule has 11 heteroatoms. The number of fused-ring (bicyclic) bond motifs is 8. The molecule has 298 valence electrons. The van der Waals surface area contributed by atoms with Crippen molar-refractivity contribution < 1.29 is 23.9 Å². The Hall–Kier alpha value is -4.41. The fourth-order valence-electron chi connectivity index (χ4n) is 12.8. The summed E-state index contributed by atoms with van der Waals surface area (Å²) in [5.41, 5.74) is 3.26. The van der Waals surface area contributed by atoms with E-state index in [1.165, 1.54) is 11.9 Å². The van der Waals surface area contributed by atoms with E-state index in [-0.39, 0.29) is 70.8 Å². The van der Waals surface area contributed by atoms with Crippen LogP contribution in [0.3, 0.4) is 0 Å². The minimum atomic E-state index is -0.557. The van der Waals surface area contributed by atoms with E-state index in [9.17, 15) is 14.4 Å². The van der Waals surface area contributed by atoms with Gasteiger partial charge >= 0.3 is 11.9 Å². The molecule has 0 spiro atoms. The highest BCUT2D eigenvalue weighted by atomic mass is 16.5. The fourth-order valence-corrected chi connectivity index (χ4v) is 12.8. The standard InChI is InChI=1S/C45H58N6O5/c1-40(2)18-20-45(38(54)55-26-29-10-8-7-9-11-29)21-19-43(5)30(31(45)24-40)12-13-34-41(3)25-32-37(47-23-22-46-32)42(4,33(41)16-17-44(34,43)6)27-56-36(53)15-14-35(52)50-39-48-28-49-51-39/h7-12,22-23,28,31,33-34H,13-21,24-27H2,1-6H3,(H2,48,49,50,51,52)/t31-,33+,34+,41-,42-,43+,44+,45-/m0/s1. The lowest BCUT2D eigenvalue weighted by atomic mass is 9.33. The Kier molecular flexibility index (Phi) is 9.55. The predicted molar refractivity (Wildman–Crippen MR) is 211 cm³/mol. The molecule has 0 radical (unpaired) electrons. The maximum atomic E-state index is 14.4. The van der Waals surface area contributed by atoms with Crippen LogP contribution in [0.1, 0.15) is 123 Å². The van der Waals surface area contributed by atoms with Gasteiger partial charge in [0, 0.05) is 24.2 Å². The number of allylic oxidation sites excluding steroid dienone is 2. The number of aromatic amines is 1. The summed E-state index contributed by atoms with van der Waals surface area (Å²) in [6.45, 7) is 15.0. The quantitative estimate of drug-likeness (QED) is 0.163. The molecule has 0 saturated heterocycles. The summed E-state index contributed by atoms with van der Waals surface area (Å²) in [7, 11) is 0. The molecule has 2 N–H and O–H groups in total. The molecule has 1 amide bonds. The van der Waals surface area contributed by atoms with Crippen LogP contribution in [0, 0.1) is 44.8 Å². The number of hydrogen-bond donors (Lipinski definition) is 2. The Morgan fingerprint density at radius 1 is 0.875 bits per heavy atom. The molecular weight excluding hydrogens is 705 g/mol. The minimum absolute atomic E-state index is 0.0157. The third kappa shape index (κ3) is 6.18. The number of rotatable bonds is 9. The van der Waals surface area contributed by atoms with Crippen molar-refractivity contribution in [3.8, 4) is 0 Å². The van der Waals surface area contributed by atoms with Crippen molar-refractivity contribution in [3.05, 3.63) is 77.7 Å². The van der Waals surface area contributed by atoms with Gasteiger partial charge in [0.15, 0.2) is 0 Å². The second-order valence-corrected chi connectivity index (χ2v) is 19.4. The Balaban J connectivity index is 1.07. The molecule has 3 aromatic rings. The number of nitrogens with one attached hydrogen (secondary N) is 2. The summed E-state index contributed by atoms with van der Waals surface area (Å²) in [6.07, 6.45) is 15.8. The van der Waals surface area contributed by atoms with Crippen molar-refractivity contribution in [3.63, 3.8) is 0 Å². The first kappa shape index (κ1) is 38.5. The van der Waals surface area contributed by atoms with E-state index < -0.39 is 16.8 Å². The third-order valence-corrected chi connectivity index (χ3v) is 15.9. The number of nitrogens with zero attached hydrogens (tertiary/aromatic N) is 4. The third-order valence-electron chi connectivity index (χ3n) is 15.9. The van der Waals surface area contributed by atoms with Crippen molar-refractivity contribution in [1.82, 2.24) is 25.1 Å². The lowest BCUT2D eigenvalue weighted by Crippen LogP contribution is -2.65. The zero-order chi connectivity index (χ0) is 39.6. The summed E-state index contributed by atoms with van der Waals surface area (Å²) in [6, 6.07) is 10.0. The topological polar surface area (TPSA) is 149 Å². The van der Waals surface area contributed by atoms with Gasteiger partial charge in [-0.25, -0.2) is 5.10 Å². The van der Waals surface area contributed by atoms with Gasteiger partial charge in [0.05, 0.1) is 23.2 Å². The molecule has 0 bridgehead atoms. The first-order valence-corrected chi connectivity index (χ1v) is 20.7. The summed E-state index contributed by atoms with van der Waals surface area (Å²) < 4.78 is 12.3. The van der Waals surface area contributed by atoms with Crippen molar-refractivity contribution in [2.75, 3.05) is 11.9 Å². The number of anilines is 1. The number of aromatic nitrogens is 5. The lowest BCUT2D eigenvalue weighted by Gasteiger charge is -2.70. The van der Waals surface area contributed by atoms with Crippen molar-refractivity contribution in [1.29, 1.82) is 0 Å². The molecule has 1 aromatic carbocycles. The molecule has 5 aliphatic carbocycles. The number of carbonyl (C=O) groups excluding carboxylic acids is 3. The Morgan fingerprint density at radius 3 is 2.41 bits per heavy atom. The normalized spacial score (nSPS) is 35.2.